The maximum atomic E-state index is 12.8. The van der Waals surface area contributed by atoms with Crippen molar-refractivity contribution in [3.8, 4) is 17.3 Å². The average Bonchev–Trinajstić information content (AvgIpc) is 3.13. The van der Waals surface area contributed by atoms with Gasteiger partial charge in [0.25, 0.3) is 0 Å². The topological polar surface area (TPSA) is 48.7 Å². The molecule has 7 heteroatoms. The highest BCUT2D eigenvalue weighted by Crippen LogP contribution is 2.31. The number of benzene rings is 2. The molecule has 0 fully saturated rings. The summed E-state index contributed by atoms with van der Waals surface area (Å²) in [5.74, 6) is 0. The second-order valence-electron chi connectivity index (χ2n) is 5.30. The van der Waals surface area contributed by atoms with E-state index in [1.807, 2.05) is 41.8 Å². The van der Waals surface area contributed by atoms with E-state index in [0.717, 1.165) is 23.4 Å². The molecule has 0 saturated carbocycles. The maximum absolute atomic E-state index is 12.8. The molecule has 0 amide bonds. The van der Waals surface area contributed by atoms with Crippen LogP contribution in [0.4, 0.5) is 18.9 Å². The van der Waals surface area contributed by atoms with Crippen molar-refractivity contribution in [3.63, 3.8) is 0 Å². The Balaban J connectivity index is 1.82. The van der Waals surface area contributed by atoms with E-state index in [0.29, 0.717) is 5.01 Å². The molecule has 3 rings (SSSR count). The van der Waals surface area contributed by atoms with E-state index in [2.05, 4.69) is 10.3 Å². The monoisotopic (exact) mass is 371 g/mol. The fraction of sp³-hybridized carbons (Fsp3) is 0.0526. The molecular weight excluding hydrogens is 359 g/mol. The lowest BCUT2D eigenvalue weighted by atomic mass is 10.2. The Morgan fingerprint density at radius 1 is 1.12 bits per heavy atom. The molecule has 0 atom stereocenters. The van der Waals surface area contributed by atoms with Gasteiger partial charge in [-0.05, 0) is 18.2 Å². The van der Waals surface area contributed by atoms with Gasteiger partial charge < -0.3 is 5.32 Å². The summed E-state index contributed by atoms with van der Waals surface area (Å²) in [6.45, 7) is 0. The fourth-order valence-corrected chi connectivity index (χ4v) is 3.02. The highest BCUT2D eigenvalue weighted by molar-refractivity contribution is 7.11. The number of aromatic nitrogens is 1. The second-order valence-corrected chi connectivity index (χ2v) is 6.15. The van der Waals surface area contributed by atoms with E-state index >= 15 is 0 Å². The first kappa shape index (κ1) is 17.7. The zero-order chi connectivity index (χ0) is 18.6. The largest absolute Gasteiger partial charge is 0.416 e. The first-order valence-electron chi connectivity index (χ1n) is 7.53. The highest BCUT2D eigenvalue weighted by Gasteiger charge is 2.30. The lowest BCUT2D eigenvalue weighted by Crippen LogP contribution is -2.05. The lowest BCUT2D eigenvalue weighted by molar-refractivity contribution is -0.137. The minimum Gasteiger partial charge on any atom is -0.360 e. The Morgan fingerprint density at radius 2 is 1.88 bits per heavy atom. The van der Waals surface area contributed by atoms with Gasteiger partial charge in [-0.2, -0.15) is 18.4 Å². The van der Waals surface area contributed by atoms with Crippen LogP contribution in [0.3, 0.4) is 0 Å². The molecule has 0 spiro atoms. The zero-order valence-electron chi connectivity index (χ0n) is 13.3. The Kier molecular flexibility index (Phi) is 5.05. The molecule has 0 bridgehead atoms. The molecule has 0 radical (unpaired) electrons. The molecule has 0 saturated heterocycles. The first-order chi connectivity index (χ1) is 12.5. The number of hydrogen-bond acceptors (Lipinski definition) is 4. The van der Waals surface area contributed by atoms with Crippen LogP contribution in [0.15, 0.2) is 66.2 Å². The zero-order valence-corrected chi connectivity index (χ0v) is 14.1. The molecule has 0 aliphatic carbocycles. The predicted molar refractivity (Wildman–Crippen MR) is 96.2 cm³/mol. The molecule has 26 heavy (non-hydrogen) atoms. The van der Waals surface area contributed by atoms with Crippen LogP contribution >= 0.6 is 11.3 Å². The van der Waals surface area contributed by atoms with Crippen molar-refractivity contribution in [3.05, 3.63) is 76.7 Å². The third kappa shape index (κ3) is 4.10. The van der Waals surface area contributed by atoms with Crippen LogP contribution in [-0.2, 0) is 6.18 Å². The van der Waals surface area contributed by atoms with Crippen molar-refractivity contribution in [2.24, 2.45) is 0 Å². The summed E-state index contributed by atoms with van der Waals surface area (Å²) in [6.07, 6.45) is -3.05. The normalized spacial score (nSPS) is 11.8. The molecule has 130 valence electrons. The molecule has 1 aromatic heterocycles. The van der Waals surface area contributed by atoms with Crippen LogP contribution in [0.5, 0.6) is 0 Å². The molecule has 1 N–H and O–H groups in total. The summed E-state index contributed by atoms with van der Waals surface area (Å²) in [4.78, 5) is 4.43. The predicted octanol–water partition coefficient (Wildman–Crippen LogP) is 5.81. The van der Waals surface area contributed by atoms with E-state index in [4.69, 9.17) is 0 Å². The summed E-state index contributed by atoms with van der Waals surface area (Å²) >= 11 is 1.30. The fourth-order valence-electron chi connectivity index (χ4n) is 2.22. The Hall–Kier alpha value is -3.11. The van der Waals surface area contributed by atoms with E-state index in [1.54, 1.807) is 0 Å². The minimum atomic E-state index is -4.42. The number of thiazole rings is 1. The van der Waals surface area contributed by atoms with E-state index in [1.165, 1.54) is 29.7 Å². The number of nitrogens with zero attached hydrogens (tertiary/aromatic N) is 2. The summed E-state index contributed by atoms with van der Waals surface area (Å²) in [7, 11) is 0. The summed E-state index contributed by atoms with van der Waals surface area (Å²) in [6, 6.07) is 16.3. The summed E-state index contributed by atoms with van der Waals surface area (Å²) in [5.41, 5.74) is 1.40. The van der Waals surface area contributed by atoms with E-state index in [9.17, 15) is 18.4 Å². The number of allylic oxidation sites excluding steroid dienone is 1. The highest BCUT2D eigenvalue weighted by atomic mass is 32.1. The lowest BCUT2D eigenvalue weighted by Gasteiger charge is -2.08. The number of rotatable bonds is 4. The van der Waals surface area contributed by atoms with Crippen molar-refractivity contribution in [2.75, 3.05) is 5.32 Å². The van der Waals surface area contributed by atoms with Gasteiger partial charge in [0.2, 0.25) is 0 Å². The van der Waals surface area contributed by atoms with Crippen molar-refractivity contribution in [1.82, 2.24) is 4.98 Å². The first-order valence-corrected chi connectivity index (χ1v) is 8.41. The summed E-state index contributed by atoms with van der Waals surface area (Å²) in [5, 5.41) is 14.4. The standard InChI is InChI=1S/C19H12F3N3S/c20-19(21,22)15-7-4-8-16(9-15)24-11-14(10-23)18-25-17(12-26-18)13-5-2-1-3-6-13/h1-9,11-12,24H/b14-11-. The van der Waals surface area contributed by atoms with Gasteiger partial charge in [0.05, 0.1) is 11.3 Å². The van der Waals surface area contributed by atoms with Crippen molar-refractivity contribution >= 4 is 22.6 Å². The Bertz CT molecular complexity index is 969. The number of anilines is 1. The maximum Gasteiger partial charge on any atom is 0.416 e. The van der Waals surface area contributed by atoms with Crippen LogP contribution in [0.2, 0.25) is 0 Å². The number of alkyl halides is 3. The average molecular weight is 371 g/mol. The van der Waals surface area contributed by atoms with Gasteiger partial charge in [0.15, 0.2) is 0 Å². The number of hydrogen-bond donors (Lipinski definition) is 1. The van der Waals surface area contributed by atoms with E-state index in [-0.39, 0.29) is 11.3 Å². The molecular formula is C19H12F3N3S. The van der Waals surface area contributed by atoms with Gasteiger partial charge in [-0.15, -0.1) is 11.3 Å². The molecule has 1 heterocycles. The Morgan fingerprint density at radius 3 is 2.58 bits per heavy atom. The van der Waals surface area contributed by atoms with Crippen molar-refractivity contribution < 1.29 is 13.2 Å². The number of nitrogens with one attached hydrogen (secondary N) is 1. The van der Waals surface area contributed by atoms with Crippen LogP contribution in [-0.4, -0.2) is 4.98 Å². The molecule has 0 aliphatic heterocycles. The van der Waals surface area contributed by atoms with Crippen LogP contribution < -0.4 is 5.32 Å². The molecule has 0 unspecified atom stereocenters. The van der Waals surface area contributed by atoms with Crippen molar-refractivity contribution in [1.29, 1.82) is 5.26 Å². The van der Waals surface area contributed by atoms with Crippen LogP contribution in [0.1, 0.15) is 10.6 Å². The number of nitriles is 1. The SMILES string of the molecule is N#C/C(=C/Nc1cccc(C(F)(F)F)c1)c1nc(-c2ccccc2)cs1. The summed E-state index contributed by atoms with van der Waals surface area (Å²) < 4.78 is 38.3. The molecule has 0 aliphatic rings. The minimum absolute atomic E-state index is 0.243. The quantitative estimate of drug-likeness (QED) is 0.589. The van der Waals surface area contributed by atoms with Gasteiger partial charge in [0, 0.05) is 22.8 Å². The third-order valence-electron chi connectivity index (χ3n) is 3.50. The van der Waals surface area contributed by atoms with Gasteiger partial charge in [0.1, 0.15) is 16.6 Å². The van der Waals surface area contributed by atoms with Gasteiger partial charge >= 0.3 is 6.18 Å². The Labute approximate surface area is 152 Å². The van der Waals surface area contributed by atoms with E-state index < -0.39 is 11.7 Å². The van der Waals surface area contributed by atoms with Gasteiger partial charge in [-0.3, -0.25) is 0 Å². The van der Waals surface area contributed by atoms with Crippen molar-refractivity contribution in [2.45, 2.75) is 6.18 Å². The third-order valence-corrected chi connectivity index (χ3v) is 4.37. The molecule has 3 aromatic rings. The number of halogens is 3. The smallest absolute Gasteiger partial charge is 0.360 e. The molecule has 3 nitrogen and oxygen atoms in total. The van der Waals surface area contributed by atoms with Crippen LogP contribution in [0, 0.1) is 11.3 Å². The molecule has 2 aromatic carbocycles. The van der Waals surface area contributed by atoms with Gasteiger partial charge in [-0.25, -0.2) is 4.98 Å². The van der Waals surface area contributed by atoms with Crippen LogP contribution in [0.25, 0.3) is 16.8 Å². The van der Waals surface area contributed by atoms with Gasteiger partial charge in [-0.1, -0.05) is 36.4 Å². The second kappa shape index (κ2) is 7.42.